The van der Waals surface area contributed by atoms with Crippen LogP contribution in [0.2, 0.25) is 0 Å². The zero-order valence-electron chi connectivity index (χ0n) is 11.6. The number of hydrogen-bond donors (Lipinski definition) is 1. The molecule has 0 amide bonds. The average molecular weight is 253 g/mol. The Morgan fingerprint density at radius 1 is 0.889 bits per heavy atom. The van der Waals surface area contributed by atoms with Crippen molar-refractivity contribution in [1.29, 1.82) is 0 Å². The molecule has 2 rings (SSSR count). The van der Waals surface area contributed by atoms with E-state index in [0.29, 0.717) is 24.2 Å². The van der Waals surface area contributed by atoms with E-state index >= 15 is 0 Å². The van der Waals surface area contributed by atoms with Gasteiger partial charge >= 0.3 is 0 Å². The van der Waals surface area contributed by atoms with Gasteiger partial charge in [0.2, 0.25) is 0 Å². The first-order valence-electron chi connectivity index (χ1n) is 7.55. The molecule has 0 radical (unpaired) electrons. The van der Waals surface area contributed by atoms with Gasteiger partial charge in [0.25, 0.3) is 0 Å². The van der Waals surface area contributed by atoms with Gasteiger partial charge < -0.3 is 10.5 Å². The van der Waals surface area contributed by atoms with E-state index in [9.17, 15) is 0 Å². The molecule has 0 saturated heterocycles. The lowest BCUT2D eigenvalue weighted by Crippen LogP contribution is -2.28. The van der Waals surface area contributed by atoms with E-state index in [1.54, 1.807) is 0 Å². The topological polar surface area (TPSA) is 60.0 Å². The van der Waals surface area contributed by atoms with Crippen LogP contribution in [0.1, 0.15) is 58.3 Å². The Hall–Kier alpha value is -0.480. The minimum Gasteiger partial charge on any atom is -0.379 e. The molecule has 0 unspecified atom stereocenters. The monoisotopic (exact) mass is 253 g/mol. The molecule has 0 aromatic carbocycles. The first-order chi connectivity index (χ1) is 8.78. The summed E-state index contributed by atoms with van der Waals surface area (Å²) in [6.45, 7) is 2.90. The quantitative estimate of drug-likeness (QED) is 0.783. The molecule has 2 aliphatic carbocycles. The largest absolute Gasteiger partial charge is 0.379 e. The molecule has 0 heterocycles. The van der Waals surface area contributed by atoms with Crippen LogP contribution in [0.25, 0.3) is 0 Å². The summed E-state index contributed by atoms with van der Waals surface area (Å²) >= 11 is 0. The highest BCUT2D eigenvalue weighted by molar-refractivity contribution is 4.80. The van der Waals surface area contributed by atoms with Crippen molar-refractivity contribution >= 4 is 0 Å². The summed E-state index contributed by atoms with van der Waals surface area (Å²) in [6.07, 6.45) is 9.51. The molecule has 2 aliphatic rings. The molecule has 0 spiro atoms. The number of nitrogens with two attached hydrogens (primary N) is 1. The molecule has 0 aliphatic heterocycles. The van der Waals surface area contributed by atoms with Crippen LogP contribution in [0.3, 0.4) is 0 Å². The Bertz CT molecular complexity index is 254. The van der Waals surface area contributed by atoms with Gasteiger partial charge in [-0.15, -0.1) is 0 Å². The van der Waals surface area contributed by atoms with E-state index in [2.05, 4.69) is 17.2 Å². The van der Waals surface area contributed by atoms with E-state index in [1.165, 1.54) is 0 Å². The van der Waals surface area contributed by atoms with Crippen molar-refractivity contribution in [3.63, 3.8) is 0 Å². The minimum atomic E-state index is 0.401. The zero-order valence-corrected chi connectivity index (χ0v) is 11.6. The summed E-state index contributed by atoms with van der Waals surface area (Å²) in [4.78, 5) is 0. The van der Waals surface area contributed by atoms with E-state index in [1.807, 2.05) is 0 Å². The smallest absolute Gasteiger partial charge is 0.0710 e. The van der Waals surface area contributed by atoms with E-state index in [-0.39, 0.29) is 0 Å². The predicted octanol–water partition coefficient (Wildman–Crippen LogP) is 3.06. The lowest BCUT2D eigenvalue weighted by atomic mass is 9.92. The summed E-state index contributed by atoms with van der Waals surface area (Å²) < 4.78 is 5.65. The van der Waals surface area contributed by atoms with Gasteiger partial charge in [0.1, 0.15) is 0 Å². The van der Waals surface area contributed by atoms with Crippen LogP contribution in [0.15, 0.2) is 10.2 Å². The van der Waals surface area contributed by atoms with Gasteiger partial charge in [-0.1, -0.05) is 0 Å². The van der Waals surface area contributed by atoms with Crippen molar-refractivity contribution in [3.05, 3.63) is 0 Å². The molecule has 2 N–H and O–H groups in total. The lowest BCUT2D eigenvalue weighted by Gasteiger charge is -2.26. The second kappa shape index (κ2) is 7.19. The van der Waals surface area contributed by atoms with Gasteiger partial charge in [-0.05, 0) is 58.3 Å². The molecular weight excluding hydrogens is 226 g/mol. The molecule has 2 fully saturated rings. The second-order valence-corrected chi connectivity index (χ2v) is 5.69. The molecule has 2 saturated carbocycles. The third kappa shape index (κ3) is 4.32. The number of nitrogens with zero attached hydrogens (tertiary/aromatic N) is 2. The highest BCUT2D eigenvalue weighted by Crippen LogP contribution is 2.25. The van der Waals surface area contributed by atoms with Crippen molar-refractivity contribution in [1.82, 2.24) is 0 Å². The summed E-state index contributed by atoms with van der Waals surface area (Å²) in [5, 5.41) is 9.10. The fourth-order valence-electron chi connectivity index (χ4n) is 2.97. The first-order valence-corrected chi connectivity index (χ1v) is 7.55. The Morgan fingerprint density at radius 3 is 1.89 bits per heavy atom. The van der Waals surface area contributed by atoms with Gasteiger partial charge in [0, 0.05) is 12.6 Å². The zero-order chi connectivity index (χ0) is 12.8. The minimum absolute atomic E-state index is 0.401. The highest BCUT2D eigenvalue weighted by atomic mass is 16.5. The summed E-state index contributed by atoms with van der Waals surface area (Å²) in [5.74, 6) is 0. The van der Waals surface area contributed by atoms with Crippen LogP contribution in [0.5, 0.6) is 0 Å². The predicted molar refractivity (Wildman–Crippen MR) is 72.8 cm³/mol. The lowest BCUT2D eigenvalue weighted by molar-refractivity contribution is 0.0329. The average Bonchev–Trinajstić information content (AvgIpc) is 2.40. The SMILES string of the molecule is CCOC1CCC(N=NC2CCC(N)CC2)CC1. The molecule has 4 heteroatoms. The first kappa shape index (κ1) is 13.9. The Balaban J connectivity index is 1.67. The normalized spacial score (nSPS) is 38.1. The summed E-state index contributed by atoms with van der Waals surface area (Å²) in [6, 6.07) is 1.28. The molecule has 18 heavy (non-hydrogen) atoms. The van der Waals surface area contributed by atoms with Crippen LogP contribution in [-0.2, 0) is 4.74 Å². The molecule has 0 bridgehead atoms. The number of rotatable bonds is 4. The number of ether oxygens (including phenoxy) is 1. The maximum atomic E-state index is 5.89. The third-order valence-electron chi connectivity index (χ3n) is 4.18. The second-order valence-electron chi connectivity index (χ2n) is 5.69. The number of hydrogen-bond acceptors (Lipinski definition) is 4. The van der Waals surface area contributed by atoms with E-state index in [0.717, 1.165) is 58.0 Å². The molecule has 0 aromatic rings. The van der Waals surface area contributed by atoms with Gasteiger partial charge in [-0.2, -0.15) is 10.2 Å². The van der Waals surface area contributed by atoms with Crippen molar-refractivity contribution in [2.75, 3.05) is 6.61 Å². The van der Waals surface area contributed by atoms with Crippen LogP contribution < -0.4 is 5.73 Å². The van der Waals surface area contributed by atoms with Crippen LogP contribution in [0, 0.1) is 0 Å². The van der Waals surface area contributed by atoms with E-state index in [4.69, 9.17) is 10.5 Å². The van der Waals surface area contributed by atoms with Gasteiger partial charge in [0.15, 0.2) is 0 Å². The van der Waals surface area contributed by atoms with Gasteiger partial charge in [-0.25, -0.2) is 0 Å². The molecular formula is C14H27N3O. The maximum absolute atomic E-state index is 5.89. The van der Waals surface area contributed by atoms with Crippen molar-refractivity contribution < 1.29 is 4.74 Å². The molecule has 0 aromatic heterocycles. The van der Waals surface area contributed by atoms with Crippen LogP contribution in [0.4, 0.5) is 0 Å². The van der Waals surface area contributed by atoms with Gasteiger partial charge in [-0.3, -0.25) is 0 Å². The van der Waals surface area contributed by atoms with Crippen molar-refractivity contribution in [2.45, 2.75) is 82.5 Å². The number of azo groups is 1. The Kier molecular flexibility index (Phi) is 5.57. The van der Waals surface area contributed by atoms with Crippen LogP contribution in [-0.4, -0.2) is 30.8 Å². The van der Waals surface area contributed by atoms with Gasteiger partial charge in [0.05, 0.1) is 18.2 Å². The maximum Gasteiger partial charge on any atom is 0.0710 e. The third-order valence-corrected chi connectivity index (χ3v) is 4.18. The Labute approximate surface area is 110 Å². The fourth-order valence-corrected chi connectivity index (χ4v) is 2.97. The molecule has 104 valence electrons. The van der Waals surface area contributed by atoms with E-state index < -0.39 is 0 Å². The van der Waals surface area contributed by atoms with Crippen LogP contribution >= 0.6 is 0 Å². The molecule has 4 nitrogen and oxygen atoms in total. The highest BCUT2D eigenvalue weighted by Gasteiger charge is 2.22. The standard InChI is InChI=1S/C14H27N3O/c1-2-18-14-9-7-13(8-10-14)17-16-12-5-3-11(15)4-6-12/h11-14H,2-10,15H2,1H3. The molecule has 0 atom stereocenters. The summed E-state index contributed by atoms with van der Waals surface area (Å²) in [7, 11) is 0. The van der Waals surface area contributed by atoms with Crippen molar-refractivity contribution in [2.24, 2.45) is 16.0 Å². The Morgan fingerprint density at radius 2 is 1.39 bits per heavy atom. The summed E-state index contributed by atoms with van der Waals surface area (Å²) in [5.41, 5.74) is 5.89. The van der Waals surface area contributed by atoms with Crippen molar-refractivity contribution in [3.8, 4) is 0 Å². The fraction of sp³-hybridized carbons (Fsp3) is 1.00.